The van der Waals surface area contributed by atoms with Crippen LogP contribution in [0.4, 0.5) is 0 Å². The molecule has 2 aliphatic heterocycles. The first-order valence-corrected chi connectivity index (χ1v) is 29.7. The number of aryl methyl sites for hydroxylation is 4. The molecule has 0 fully saturated rings. The second-order valence-electron chi connectivity index (χ2n) is 21.8. The average Bonchev–Trinajstić information content (AvgIpc) is 4.26. The zero-order valence-corrected chi connectivity index (χ0v) is 49.4. The van der Waals surface area contributed by atoms with Gasteiger partial charge in [0.05, 0.1) is 44.9 Å². The number of nitrogens with one attached hydrogen (secondary N) is 4. The summed E-state index contributed by atoms with van der Waals surface area (Å²) in [5.41, 5.74) is 15.7. The van der Waals surface area contributed by atoms with Gasteiger partial charge >= 0.3 is 11.4 Å². The summed E-state index contributed by atoms with van der Waals surface area (Å²) in [6.07, 6.45) is 20.1. The SMILES string of the molecule is CCCCCCC1=C(C)c2nc1cc1[nH]c(c(C)c1CCCCCC)c(-c1c(C)n(COCC)c(=O)[nH]c1=O)c1nc(cc3[nH]c(c(C)c3CCCCCC)c2-c2c(C)n(COCC)c(=O)[nH]c2=O)C(CCCCCC)=C1C. The predicted molar refractivity (Wildman–Crippen MR) is 322 cm³/mol. The van der Waals surface area contributed by atoms with Gasteiger partial charge in [0.2, 0.25) is 0 Å². The van der Waals surface area contributed by atoms with Gasteiger partial charge < -0.3 is 19.4 Å². The van der Waals surface area contributed by atoms with Crippen molar-refractivity contribution in [1.29, 1.82) is 0 Å². The third-order valence-corrected chi connectivity index (χ3v) is 16.4. The smallest absolute Gasteiger partial charge is 0.330 e. The fourth-order valence-corrected chi connectivity index (χ4v) is 11.8. The molecule has 4 N–H and O–H groups in total. The number of ether oxygens (including phenoxy) is 2. The Labute approximate surface area is 461 Å². The molecule has 0 radical (unpaired) electrons. The maximum absolute atomic E-state index is 14.8. The number of aromatic amines is 4. The summed E-state index contributed by atoms with van der Waals surface area (Å²) >= 11 is 0. The minimum absolute atomic E-state index is 0.0162. The van der Waals surface area contributed by atoms with Crippen LogP contribution >= 0.6 is 0 Å². The molecule has 0 unspecified atom stereocenters. The molecule has 0 saturated carbocycles. The van der Waals surface area contributed by atoms with Gasteiger partial charge in [-0.1, -0.05) is 105 Å². The van der Waals surface area contributed by atoms with E-state index >= 15 is 0 Å². The molecule has 14 nitrogen and oxygen atoms in total. The van der Waals surface area contributed by atoms with Gasteiger partial charge in [0.25, 0.3) is 11.1 Å². The Hall–Kier alpha value is -6.12. The van der Waals surface area contributed by atoms with Crippen molar-refractivity contribution in [3.63, 3.8) is 0 Å². The van der Waals surface area contributed by atoms with Gasteiger partial charge in [0, 0.05) is 46.8 Å². The van der Waals surface area contributed by atoms with Gasteiger partial charge in [-0.3, -0.25) is 28.7 Å². The molecule has 0 aliphatic carbocycles. The summed E-state index contributed by atoms with van der Waals surface area (Å²) in [6.45, 7) is 25.7. The maximum Gasteiger partial charge on any atom is 0.330 e. The number of hydrogen-bond donors (Lipinski definition) is 4. The van der Waals surface area contributed by atoms with Gasteiger partial charge in [0.1, 0.15) is 13.5 Å². The Balaban J connectivity index is 1.79. The molecule has 8 bridgehead atoms. The maximum atomic E-state index is 14.8. The van der Waals surface area contributed by atoms with E-state index < -0.39 is 22.5 Å². The van der Waals surface area contributed by atoms with E-state index in [1.54, 1.807) is 0 Å². The Morgan fingerprint density at radius 2 is 0.782 bits per heavy atom. The highest BCUT2D eigenvalue weighted by Crippen LogP contribution is 2.44. The summed E-state index contributed by atoms with van der Waals surface area (Å²) in [7, 11) is 0. The Morgan fingerprint density at radius 3 is 1.12 bits per heavy atom. The number of hydrogen-bond acceptors (Lipinski definition) is 8. The van der Waals surface area contributed by atoms with Crippen molar-refractivity contribution in [1.82, 2.24) is 39.0 Å². The quantitative estimate of drug-likeness (QED) is 0.0356. The largest absolute Gasteiger partial charge is 0.361 e. The number of fused-ring (bicyclic) bond motifs is 8. The summed E-state index contributed by atoms with van der Waals surface area (Å²) in [6, 6.07) is 4.38. The lowest BCUT2D eigenvalue weighted by atomic mass is 9.93. The second-order valence-corrected chi connectivity index (χ2v) is 21.8. The number of aromatic nitrogens is 8. The molecule has 5 aromatic heterocycles. The summed E-state index contributed by atoms with van der Waals surface area (Å²) in [5.74, 6) is 0. The zero-order valence-electron chi connectivity index (χ0n) is 49.4. The Kier molecular flexibility index (Phi) is 21.1. The number of H-pyrrole nitrogens is 4. The van der Waals surface area contributed by atoms with E-state index in [-0.39, 0.29) is 13.5 Å². The summed E-state index contributed by atoms with van der Waals surface area (Å²) < 4.78 is 14.8. The van der Waals surface area contributed by atoms with Crippen LogP contribution < -0.4 is 22.5 Å². The molecule has 78 heavy (non-hydrogen) atoms. The lowest BCUT2D eigenvalue weighted by Crippen LogP contribution is -2.34. The van der Waals surface area contributed by atoms with E-state index in [0.29, 0.717) is 58.2 Å². The van der Waals surface area contributed by atoms with Crippen molar-refractivity contribution < 1.29 is 9.47 Å². The zero-order chi connectivity index (χ0) is 56.2. The van der Waals surface area contributed by atoms with Gasteiger partial charge in [-0.05, 0) is 163 Å². The molecule has 0 atom stereocenters. The minimum atomic E-state index is -0.527. The van der Waals surface area contributed by atoms with Crippen LogP contribution in [0.1, 0.15) is 227 Å². The number of rotatable bonds is 28. The molecule has 0 amide bonds. The highest BCUT2D eigenvalue weighted by atomic mass is 16.5. The average molecular weight is 1070 g/mol. The topological polar surface area (TPSA) is 186 Å². The first-order valence-electron chi connectivity index (χ1n) is 29.7. The van der Waals surface area contributed by atoms with Crippen LogP contribution in [0.2, 0.25) is 0 Å². The monoisotopic (exact) mass is 1070 g/mol. The van der Waals surface area contributed by atoms with Gasteiger partial charge in [0.15, 0.2) is 0 Å². The third-order valence-electron chi connectivity index (χ3n) is 16.4. The fraction of sp³-hybridized carbons (Fsp3) is 0.562. The van der Waals surface area contributed by atoms with E-state index in [1.807, 2.05) is 27.7 Å². The molecule has 422 valence electrons. The van der Waals surface area contributed by atoms with E-state index in [2.05, 4.69) is 87.5 Å². The molecule has 7 rings (SSSR count). The summed E-state index contributed by atoms with van der Waals surface area (Å²) in [4.78, 5) is 81.7. The van der Waals surface area contributed by atoms with Gasteiger partial charge in [-0.2, -0.15) is 0 Å². The van der Waals surface area contributed by atoms with Gasteiger partial charge in [-0.15, -0.1) is 0 Å². The highest BCUT2D eigenvalue weighted by Gasteiger charge is 2.30. The van der Waals surface area contributed by atoms with Crippen LogP contribution in [-0.4, -0.2) is 52.3 Å². The van der Waals surface area contributed by atoms with Crippen molar-refractivity contribution in [2.75, 3.05) is 13.2 Å². The number of allylic oxidation sites excluding steroid dienone is 4. The molecule has 5 aromatic rings. The number of unbranched alkanes of at least 4 members (excludes halogenated alkanes) is 12. The molecule has 0 spiro atoms. The fourth-order valence-electron chi connectivity index (χ4n) is 11.8. The lowest BCUT2D eigenvalue weighted by Gasteiger charge is -2.15. The summed E-state index contributed by atoms with van der Waals surface area (Å²) in [5, 5.41) is 0. The first kappa shape index (κ1) is 59.5. The van der Waals surface area contributed by atoms with Crippen molar-refractivity contribution in [2.24, 2.45) is 0 Å². The normalized spacial score (nSPS) is 12.8. The predicted octanol–water partition coefficient (Wildman–Crippen LogP) is 14.6. The standard InChI is InChI=1S/C64H90N8O6/c1-13-19-23-27-31-45-39(7)57-55(53-43(11)71(37-77-17-5)63(75)69-61(53)73)58-41(9)47(33-29-25-21-15-3)51(67-58)36-52-48(34-30-26-22-16-4)42(10)60(68-52)56(54-44(12)72(38-78-18-6)64(76)70-62(54)74)59-40(8)46(32-28-24-20-14-2)50(66-59)35-49(45)65-57/h35-36,65,68H,13-34,37-38H2,1-12H3,(H,69,73,75)(H,70,74,76). The van der Waals surface area contributed by atoms with E-state index in [4.69, 9.17) is 19.4 Å². The van der Waals surface area contributed by atoms with Crippen molar-refractivity contribution in [3.05, 3.63) is 110 Å². The van der Waals surface area contributed by atoms with Crippen LogP contribution in [0.3, 0.4) is 0 Å². The molecule has 0 saturated heterocycles. The third kappa shape index (κ3) is 12.7. The van der Waals surface area contributed by atoms with Crippen LogP contribution in [0, 0.1) is 27.7 Å². The van der Waals surface area contributed by atoms with Crippen molar-refractivity contribution in [3.8, 4) is 22.3 Å². The van der Waals surface area contributed by atoms with E-state index in [0.717, 1.165) is 206 Å². The van der Waals surface area contributed by atoms with Crippen molar-refractivity contribution in [2.45, 2.75) is 225 Å². The van der Waals surface area contributed by atoms with E-state index in [1.165, 1.54) is 9.13 Å². The minimum Gasteiger partial charge on any atom is -0.361 e. The Bertz CT molecular complexity index is 3220. The molecule has 2 aliphatic rings. The lowest BCUT2D eigenvalue weighted by molar-refractivity contribution is 0.0828. The molecule has 14 heteroatoms. The molecular formula is C64H90N8O6. The van der Waals surface area contributed by atoms with Crippen LogP contribution in [0.25, 0.3) is 66.6 Å². The first-order chi connectivity index (χ1) is 37.7. The van der Waals surface area contributed by atoms with Crippen LogP contribution in [-0.2, 0) is 35.8 Å². The number of nitrogens with zero attached hydrogens (tertiary/aromatic N) is 4. The van der Waals surface area contributed by atoms with Crippen molar-refractivity contribution >= 4 is 44.4 Å². The van der Waals surface area contributed by atoms with Gasteiger partial charge in [-0.25, -0.2) is 19.6 Å². The molecular weight excluding hydrogens is 977 g/mol. The molecule has 0 aromatic carbocycles. The van der Waals surface area contributed by atoms with E-state index in [9.17, 15) is 19.2 Å². The van der Waals surface area contributed by atoms with Crippen LogP contribution in [0.15, 0.2) is 31.3 Å². The van der Waals surface area contributed by atoms with Crippen LogP contribution in [0.5, 0.6) is 0 Å². The second kappa shape index (κ2) is 27.7. The molecule has 7 heterocycles. The Morgan fingerprint density at radius 1 is 0.436 bits per heavy atom. The highest BCUT2D eigenvalue weighted by molar-refractivity contribution is 6.03.